The summed E-state index contributed by atoms with van der Waals surface area (Å²) in [6.45, 7) is 3.05. The van der Waals surface area contributed by atoms with E-state index in [0.717, 1.165) is 28.3 Å². The lowest BCUT2D eigenvalue weighted by Crippen LogP contribution is -2.07. The molecule has 9 nitrogen and oxygen atoms in total. The van der Waals surface area contributed by atoms with Crippen LogP contribution in [0.4, 0.5) is 5.82 Å². The first kappa shape index (κ1) is 22.1. The van der Waals surface area contributed by atoms with E-state index >= 15 is 0 Å². The number of methoxy groups -OCH3 is 1. The smallest absolute Gasteiger partial charge is 0.439 e. The van der Waals surface area contributed by atoms with Crippen LogP contribution in [0.1, 0.15) is 12.5 Å². The van der Waals surface area contributed by atoms with Gasteiger partial charge in [-0.2, -0.15) is 0 Å². The number of nitrogens with zero attached hydrogens (tertiary/aromatic N) is 3. The van der Waals surface area contributed by atoms with Crippen LogP contribution >= 0.6 is 22.7 Å². The zero-order valence-electron chi connectivity index (χ0n) is 18.5. The number of rotatable bonds is 9. The zero-order chi connectivity index (χ0) is 23.5. The molecule has 11 heteroatoms. The highest BCUT2D eigenvalue weighted by molar-refractivity contribution is 7.19. The average Bonchev–Trinajstić information content (AvgIpc) is 3.58. The normalized spacial score (nSPS) is 11.1. The Labute approximate surface area is 202 Å². The number of benzene rings is 1. The Hall–Kier alpha value is -3.70. The van der Waals surface area contributed by atoms with Gasteiger partial charge in [0, 0.05) is 23.4 Å². The molecule has 0 saturated carbocycles. The first-order valence-electron chi connectivity index (χ1n) is 10.6. The van der Waals surface area contributed by atoms with Gasteiger partial charge in [0.1, 0.15) is 28.5 Å². The number of ether oxygens (including phenoxy) is 2. The third-order valence-electron chi connectivity index (χ3n) is 5.13. The third kappa shape index (κ3) is 4.52. The maximum atomic E-state index is 11.4. The third-order valence-corrected chi connectivity index (χ3v) is 7.15. The van der Waals surface area contributed by atoms with Gasteiger partial charge in [0.25, 0.3) is 0 Å². The fraction of sp³-hybridized carbons (Fsp3) is 0.217. The summed E-state index contributed by atoms with van der Waals surface area (Å²) in [5, 5.41) is 10.5. The number of H-pyrrole nitrogens is 1. The van der Waals surface area contributed by atoms with Gasteiger partial charge in [-0.3, -0.25) is 9.51 Å². The van der Waals surface area contributed by atoms with Crippen molar-refractivity contribution >= 4 is 38.6 Å². The summed E-state index contributed by atoms with van der Waals surface area (Å²) in [7, 11) is 1.70. The van der Waals surface area contributed by atoms with Gasteiger partial charge in [0.15, 0.2) is 5.82 Å². The van der Waals surface area contributed by atoms with Gasteiger partial charge in [-0.05, 0) is 47.9 Å². The van der Waals surface area contributed by atoms with E-state index in [1.165, 1.54) is 27.8 Å². The Morgan fingerprint density at radius 1 is 1.18 bits per heavy atom. The van der Waals surface area contributed by atoms with Crippen LogP contribution in [0.3, 0.4) is 0 Å². The minimum absolute atomic E-state index is 0.327. The van der Waals surface area contributed by atoms with Crippen molar-refractivity contribution in [3.63, 3.8) is 0 Å². The molecular formula is C23H21N5O4S2. The molecule has 5 rings (SSSR count). The van der Waals surface area contributed by atoms with Crippen LogP contribution in [0.15, 0.2) is 51.4 Å². The second kappa shape index (κ2) is 9.65. The summed E-state index contributed by atoms with van der Waals surface area (Å²) >= 11 is 3.11. The number of hydrogen-bond acceptors (Lipinski definition) is 10. The van der Waals surface area contributed by atoms with E-state index in [4.69, 9.17) is 9.47 Å². The van der Waals surface area contributed by atoms with E-state index in [1.807, 2.05) is 19.1 Å². The van der Waals surface area contributed by atoms with Crippen molar-refractivity contribution in [1.29, 1.82) is 0 Å². The van der Waals surface area contributed by atoms with Gasteiger partial charge in [0.2, 0.25) is 0 Å². The summed E-state index contributed by atoms with van der Waals surface area (Å²) in [5.74, 6) is 1.92. The molecule has 0 amide bonds. The molecule has 0 aliphatic rings. The molecule has 174 valence electrons. The molecule has 0 aliphatic carbocycles. The Morgan fingerprint density at radius 2 is 2.09 bits per heavy atom. The van der Waals surface area contributed by atoms with E-state index in [-0.39, 0.29) is 0 Å². The number of hydrogen-bond donors (Lipinski definition) is 2. The molecule has 4 aromatic heterocycles. The van der Waals surface area contributed by atoms with Gasteiger partial charge >= 0.3 is 5.76 Å². The van der Waals surface area contributed by atoms with E-state index in [9.17, 15) is 4.79 Å². The summed E-state index contributed by atoms with van der Waals surface area (Å²) < 4.78 is 17.2. The highest BCUT2D eigenvalue weighted by atomic mass is 32.1. The van der Waals surface area contributed by atoms with Crippen LogP contribution in [-0.4, -0.2) is 40.4 Å². The Kier molecular flexibility index (Phi) is 6.28. The lowest BCUT2D eigenvalue weighted by Gasteiger charge is -2.10. The van der Waals surface area contributed by atoms with Gasteiger partial charge in [0.05, 0.1) is 24.3 Å². The second-order valence-electron chi connectivity index (χ2n) is 7.27. The van der Waals surface area contributed by atoms with Crippen molar-refractivity contribution in [2.75, 3.05) is 25.6 Å². The van der Waals surface area contributed by atoms with Crippen molar-refractivity contribution < 1.29 is 14.0 Å². The Bertz CT molecular complexity index is 1490. The van der Waals surface area contributed by atoms with Crippen LogP contribution in [0.5, 0.6) is 11.5 Å². The lowest BCUT2D eigenvalue weighted by atomic mass is 10.1. The minimum Gasteiger partial charge on any atom is -0.496 e. The maximum Gasteiger partial charge on any atom is 0.439 e. The molecule has 0 spiro atoms. The quantitative estimate of drug-likeness (QED) is 0.299. The van der Waals surface area contributed by atoms with Crippen LogP contribution in [-0.2, 0) is 6.42 Å². The van der Waals surface area contributed by atoms with E-state index in [2.05, 4.69) is 53.5 Å². The molecule has 0 fully saturated rings. The van der Waals surface area contributed by atoms with Crippen molar-refractivity contribution in [2.45, 2.75) is 13.3 Å². The number of fused-ring (bicyclic) bond motifs is 1. The molecule has 0 aliphatic heterocycles. The lowest BCUT2D eigenvalue weighted by molar-refractivity contribution is 0.342. The molecule has 1 aromatic carbocycles. The van der Waals surface area contributed by atoms with E-state index in [0.29, 0.717) is 35.4 Å². The first-order valence-corrected chi connectivity index (χ1v) is 12.3. The van der Waals surface area contributed by atoms with Gasteiger partial charge in [-0.25, -0.2) is 14.8 Å². The molecule has 0 bridgehead atoms. The van der Waals surface area contributed by atoms with Gasteiger partial charge < -0.3 is 14.8 Å². The topological polar surface area (TPSA) is 115 Å². The number of nitrogens with one attached hydrogen (secondary N) is 2. The van der Waals surface area contributed by atoms with Gasteiger partial charge in [-0.15, -0.1) is 22.7 Å². The van der Waals surface area contributed by atoms with Crippen LogP contribution in [0, 0.1) is 0 Å². The highest BCUT2D eigenvalue weighted by Gasteiger charge is 2.18. The van der Waals surface area contributed by atoms with E-state index < -0.39 is 5.76 Å². The number of aromatic amines is 1. The highest BCUT2D eigenvalue weighted by Crippen LogP contribution is 2.41. The molecule has 2 N–H and O–H groups in total. The van der Waals surface area contributed by atoms with Crippen molar-refractivity contribution in [3.8, 4) is 32.8 Å². The molecular weight excluding hydrogens is 474 g/mol. The molecule has 0 atom stereocenters. The fourth-order valence-corrected chi connectivity index (χ4v) is 5.40. The molecule has 4 heterocycles. The monoisotopic (exact) mass is 495 g/mol. The van der Waals surface area contributed by atoms with Crippen molar-refractivity contribution in [1.82, 2.24) is 20.1 Å². The Morgan fingerprint density at radius 3 is 2.88 bits per heavy atom. The molecule has 0 unspecified atom stereocenters. The summed E-state index contributed by atoms with van der Waals surface area (Å²) in [6.07, 6.45) is 2.30. The Balaban J connectivity index is 1.34. The van der Waals surface area contributed by atoms with Crippen molar-refractivity contribution in [3.05, 3.63) is 58.2 Å². The predicted octanol–water partition coefficient (Wildman–Crippen LogP) is 4.83. The van der Waals surface area contributed by atoms with Crippen molar-refractivity contribution in [2.24, 2.45) is 0 Å². The molecule has 34 heavy (non-hydrogen) atoms. The number of thiophene rings is 2. The van der Waals surface area contributed by atoms with Gasteiger partial charge in [-0.1, -0.05) is 5.16 Å². The van der Waals surface area contributed by atoms with Crippen LogP contribution < -0.4 is 20.5 Å². The number of anilines is 1. The number of aromatic nitrogens is 4. The van der Waals surface area contributed by atoms with E-state index in [1.54, 1.807) is 18.4 Å². The first-order chi connectivity index (χ1) is 16.6. The maximum absolute atomic E-state index is 11.4. The summed E-state index contributed by atoms with van der Waals surface area (Å²) in [6, 6.07) is 10.1. The fourth-order valence-electron chi connectivity index (χ4n) is 3.59. The second-order valence-corrected chi connectivity index (χ2v) is 9.27. The average molecular weight is 496 g/mol. The van der Waals surface area contributed by atoms with Crippen LogP contribution in [0.25, 0.3) is 31.4 Å². The summed E-state index contributed by atoms with van der Waals surface area (Å²) in [4.78, 5) is 24.3. The standard InChI is InChI=1S/C23H21N5O4S2/c1-3-31-17-11-19(34-21(17)22-27-23(29)32-28-22)15-9-20(26-12-25-15)24-6-4-13-8-14-5-7-33-18(14)10-16(13)30-2/h5,7-12H,3-4,6H2,1-2H3,(H,24,25,26)(H,27,28,29). The SMILES string of the molecule is CCOc1cc(-c2cc(NCCc3cc4ccsc4cc3OC)ncn2)sc1-c1noc(=O)[nH]1. The molecule has 5 aromatic rings. The molecule has 0 radical (unpaired) electrons. The zero-order valence-corrected chi connectivity index (χ0v) is 20.1. The summed E-state index contributed by atoms with van der Waals surface area (Å²) in [5.41, 5.74) is 1.87. The molecule has 0 saturated heterocycles. The minimum atomic E-state index is -0.615. The predicted molar refractivity (Wildman–Crippen MR) is 133 cm³/mol. The largest absolute Gasteiger partial charge is 0.496 e. The van der Waals surface area contributed by atoms with Crippen LogP contribution in [0.2, 0.25) is 0 Å².